The van der Waals surface area contributed by atoms with Gasteiger partial charge in [0, 0.05) is 18.7 Å². The quantitative estimate of drug-likeness (QED) is 0.672. The summed E-state index contributed by atoms with van der Waals surface area (Å²) < 4.78 is 5.25. The lowest BCUT2D eigenvalue weighted by atomic mass is 10.0. The maximum absolute atomic E-state index is 10.2. The van der Waals surface area contributed by atoms with Gasteiger partial charge in [-0.05, 0) is 25.5 Å². The first-order valence-corrected chi connectivity index (χ1v) is 6.79. The molecule has 0 radical (unpaired) electrons. The number of nitrogens with one attached hydrogen (secondary N) is 1. The number of aliphatic hydroxyl groups is 2. The zero-order valence-electron chi connectivity index (χ0n) is 12.0. The van der Waals surface area contributed by atoms with Crippen molar-refractivity contribution in [2.45, 2.75) is 38.9 Å². The zero-order chi connectivity index (χ0) is 14.3. The van der Waals surface area contributed by atoms with E-state index in [2.05, 4.69) is 5.32 Å². The van der Waals surface area contributed by atoms with Crippen molar-refractivity contribution in [2.75, 3.05) is 20.2 Å². The molecule has 0 saturated carbocycles. The number of benzene rings is 1. The molecule has 19 heavy (non-hydrogen) atoms. The number of hydrogen-bond acceptors (Lipinski definition) is 4. The summed E-state index contributed by atoms with van der Waals surface area (Å²) in [5, 5.41) is 22.9. The van der Waals surface area contributed by atoms with Crippen LogP contribution in [-0.4, -0.2) is 36.5 Å². The predicted octanol–water partition coefficient (Wildman–Crippen LogP) is 1.79. The number of aliphatic hydroxyl groups excluding tert-OH is 2. The van der Waals surface area contributed by atoms with Crippen LogP contribution in [0.25, 0.3) is 0 Å². The molecule has 0 aliphatic heterocycles. The second-order valence-corrected chi connectivity index (χ2v) is 4.86. The van der Waals surface area contributed by atoms with Gasteiger partial charge in [-0.1, -0.05) is 25.0 Å². The molecule has 2 unspecified atom stereocenters. The molecule has 0 amide bonds. The first-order chi connectivity index (χ1) is 9.08. The third kappa shape index (κ3) is 5.19. The Balaban J connectivity index is 2.53. The van der Waals surface area contributed by atoms with Crippen molar-refractivity contribution in [3.63, 3.8) is 0 Å². The summed E-state index contributed by atoms with van der Waals surface area (Å²) in [7, 11) is 1.60. The Morgan fingerprint density at radius 1 is 1.26 bits per heavy atom. The summed E-state index contributed by atoms with van der Waals surface area (Å²) in [6.07, 6.45) is 0.744. The molecular weight excluding hydrogens is 242 g/mol. The molecule has 0 saturated heterocycles. The predicted molar refractivity (Wildman–Crippen MR) is 76.5 cm³/mol. The molecule has 0 heterocycles. The van der Waals surface area contributed by atoms with Crippen LogP contribution in [0.1, 0.15) is 37.0 Å². The Hall–Kier alpha value is -1.10. The summed E-state index contributed by atoms with van der Waals surface area (Å²) in [6.45, 7) is 4.92. The van der Waals surface area contributed by atoms with Crippen molar-refractivity contribution in [3.8, 4) is 5.75 Å². The van der Waals surface area contributed by atoms with Crippen LogP contribution in [0.3, 0.4) is 0 Å². The first-order valence-electron chi connectivity index (χ1n) is 6.79. The lowest BCUT2D eigenvalue weighted by molar-refractivity contribution is 0.139. The van der Waals surface area contributed by atoms with Crippen LogP contribution >= 0.6 is 0 Å². The van der Waals surface area contributed by atoms with E-state index in [1.165, 1.54) is 0 Å². The number of hydrogen-bond donors (Lipinski definition) is 3. The minimum Gasteiger partial charge on any atom is -0.496 e. The minimum absolute atomic E-state index is 0.350. The van der Waals surface area contributed by atoms with Gasteiger partial charge in [-0.3, -0.25) is 0 Å². The molecule has 1 aromatic rings. The molecule has 0 aromatic heterocycles. The van der Waals surface area contributed by atoms with Crippen LogP contribution in [0, 0.1) is 6.92 Å². The third-order valence-corrected chi connectivity index (χ3v) is 3.08. The van der Waals surface area contributed by atoms with Crippen LogP contribution in [0.2, 0.25) is 0 Å². The van der Waals surface area contributed by atoms with Crippen molar-refractivity contribution in [1.29, 1.82) is 0 Å². The van der Waals surface area contributed by atoms with Crippen molar-refractivity contribution >= 4 is 0 Å². The monoisotopic (exact) mass is 267 g/mol. The SMILES string of the molecule is CCCC(O)CNCC(O)c1cc(C)ccc1OC. The van der Waals surface area contributed by atoms with E-state index in [1.54, 1.807) is 7.11 Å². The molecule has 1 rings (SSSR count). The summed E-state index contributed by atoms with van der Waals surface area (Å²) in [5.41, 5.74) is 1.86. The van der Waals surface area contributed by atoms with Gasteiger partial charge in [-0.25, -0.2) is 0 Å². The number of rotatable bonds is 8. The van der Waals surface area contributed by atoms with Crippen LogP contribution in [0.4, 0.5) is 0 Å². The highest BCUT2D eigenvalue weighted by Gasteiger charge is 2.13. The summed E-state index contributed by atoms with van der Waals surface area (Å²) in [6, 6.07) is 5.74. The van der Waals surface area contributed by atoms with Gasteiger partial charge < -0.3 is 20.3 Å². The molecule has 0 fully saturated rings. The van der Waals surface area contributed by atoms with Gasteiger partial charge >= 0.3 is 0 Å². The molecule has 0 aliphatic rings. The van der Waals surface area contributed by atoms with E-state index < -0.39 is 6.10 Å². The second-order valence-electron chi connectivity index (χ2n) is 4.86. The highest BCUT2D eigenvalue weighted by atomic mass is 16.5. The largest absolute Gasteiger partial charge is 0.496 e. The number of methoxy groups -OCH3 is 1. The Morgan fingerprint density at radius 2 is 2.00 bits per heavy atom. The average Bonchev–Trinajstić information content (AvgIpc) is 2.38. The molecule has 3 N–H and O–H groups in total. The van der Waals surface area contributed by atoms with E-state index in [0.29, 0.717) is 18.8 Å². The fourth-order valence-electron chi connectivity index (χ4n) is 2.05. The van der Waals surface area contributed by atoms with E-state index in [0.717, 1.165) is 24.0 Å². The molecule has 2 atom stereocenters. The molecule has 1 aromatic carbocycles. The zero-order valence-corrected chi connectivity index (χ0v) is 12.0. The molecular formula is C15H25NO3. The van der Waals surface area contributed by atoms with E-state index in [4.69, 9.17) is 4.74 Å². The number of aryl methyl sites for hydroxylation is 1. The van der Waals surface area contributed by atoms with Crippen LogP contribution in [-0.2, 0) is 0 Å². The molecule has 108 valence electrons. The first kappa shape index (κ1) is 16.0. The maximum Gasteiger partial charge on any atom is 0.124 e. The highest BCUT2D eigenvalue weighted by molar-refractivity contribution is 5.38. The van der Waals surface area contributed by atoms with E-state index in [9.17, 15) is 10.2 Å². The van der Waals surface area contributed by atoms with Gasteiger partial charge in [-0.2, -0.15) is 0 Å². The van der Waals surface area contributed by atoms with Gasteiger partial charge in [0.2, 0.25) is 0 Å². The Kier molecular flexibility index (Phi) is 6.84. The van der Waals surface area contributed by atoms with Crippen molar-refractivity contribution < 1.29 is 14.9 Å². The van der Waals surface area contributed by atoms with E-state index in [1.807, 2.05) is 32.0 Å². The molecule has 4 nitrogen and oxygen atoms in total. The second kappa shape index (κ2) is 8.15. The average molecular weight is 267 g/mol. The molecule has 0 aliphatic carbocycles. The molecule has 0 bridgehead atoms. The van der Waals surface area contributed by atoms with E-state index in [-0.39, 0.29) is 6.10 Å². The van der Waals surface area contributed by atoms with Gasteiger partial charge in [-0.15, -0.1) is 0 Å². The summed E-state index contributed by atoms with van der Waals surface area (Å²) in [4.78, 5) is 0. The lowest BCUT2D eigenvalue weighted by Crippen LogP contribution is -2.30. The van der Waals surface area contributed by atoms with Crippen LogP contribution in [0.5, 0.6) is 5.75 Å². The fourth-order valence-corrected chi connectivity index (χ4v) is 2.05. The smallest absolute Gasteiger partial charge is 0.124 e. The van der Waals surface area contributed by atoms with Crippen LogP contribution in [0.15, 0.2) is 18.2 Å². The van der Waals surface area contributed by atoms with Crippen LogP contribution < -0.4 is 10.1 Å². The highest BCUT2D eigenvalue weighted by Crippen LogP contribution is 2.25. The van der Waals surface area contributed by atoms with Gasteiger partial charge in [0.15, 0.2) is 0 Å². The van der Waals surface area contributed by atoms with Gasteiger partial charge in [0.05, 0.1) is 19.3 Å². The molecule has 4 heteroatoms. The number of ether oxygens (including phenoxy) is 1. The lowest BCUT2D eigenvalue weighted by Gasteiger charge is -2.17. The normalized spacial score (nSPS) is 14.2. The van der Waals surface area contributed by atoms with Crippen molar-refractivity contribution in [3.05, 3.63) is 29.3 Å². The van der Waals surface area contributed by atoms with Gasteiger partial charge in [0.25, 0.3) is 0 Å². The van der Waals surface area contributed by atoms with E-state index >= 15 is 0 Å². The maximum atomic E-state index is 10.2. The van der Waals surface area contributed by atoms with Gasteiger partial charge in [0.1, 0.15) is 5.75 Å². The Bertz CT molecular complexity index is 382. The Morgan fingerprint density at radius 3 is 2.63 bits per heavy atom. The fraction of sp³-hybridized carbons (Fsp3) is 0.600. The minimum atomic E-state index is -0.635. The summed E-state index contributed by atoms with van der Waals surface area (Å²) in [5.74, 6) is 0.689. The standard InChI is InChI=1S/C15H25NO3/c1-4-5-12(17)9-16-10-14(18)13-8-11(2)6-7-15(13)19-3/h6-8,12,14,16-18H,4-5,9-10H2,1-3H3. The molecule has 0 spiro atoms. The third-order valence-electron chi connectivity index (χ3n) is 3.08. The summed E-state index contributed by atoms with van der Waals surface area (Å²) >= 11 is 0. The topological polar surface area (TPSA) is 61.7 Å². The Labute approximate surface area is 115 Å². The van der Waals surface area contributed by atoms with Crippen molar-refractivity contribution in [2.24, 2.45) is 0 Å². The van der Waals surface area contributed by atoms with Crippen molar-refractivity contribution in [1.82, 2.24) is 5.32 Å².